The lowest BCUT2D eigenvalue weighted by Gasteiger charge is -2.13. The van der Waals surface area contributed by atoms with E-state index in [9.17, 15) is 4.79 Å². The van der Waals surface area contributed by atoms with Gasteiger partial charge in [0.1, 0.15) is 0 Å². The molecule has 0 saturated heterocycles. The standard InChI is InChI=1S/C15H17N3O/c1-9-3-6-13(10(2)7-9)18-14-8-11(16)4-5-12(14)15(17)19/h3-8,18H,16H2,1-2H3,(H2,17,19). The van der Waals surface area contributed by atoms with Crippen LogP contribution in [0.4, 0.5) is 17.1 Å². The summed E-state index contributed by atoms with van der Waals surface area (Å²) in [5.41, 5.74) is 16.0. The lowest BCUT2D eigenvalue weighted by molar-refractivity contribution is 0.100. The summed E-state index contributed by atoms with van der Waals surface area (Å²) in [6, 6.07) is 11.0. The predicted octanol–water partition coefficient (Wildman–Crippen LogP) is 2.73. The molecule has 0 radical (unpaired) electrons. The highest BCUT2D eigenvalue weighted by Gasteiger charge is 2.09. The van der Waals surface area contributed by atoms with Crippen LogP contribution in [0.1, 0.15) is 21.5 Å². The first-order valence-electron chi connectivity index (χ1n) is 6.01. The number of amides is 1. The van der Waals surface area contributed by atoms with Crippen LogP contribution >= 0.6 is 0 Å². The molecule has 2 aromatic rings. The maximum atomic E-state index is 11.4. The van der Waals surface area contributed by atoms with Crippen LogP contribution < -0.4 is 16.8 Å². The highest BCUT2D eigenvalue weighted by atomic mass is 16.1. The van der Waals surface area contributed by atoms with Crippen LogP contribution in [0.15, 0.2) is 36.4 Å². The summed E-state index contributed by atoms with van der Waals surface area (Å²) in [6.07, 6.45) is 0. The number of hydrogen-bond donors (Lipinski definition) is 3. The van der Waals surface area contributed by atoms with Gasteiger partial charge in [-0.1, -0.05) is 17.7 Å². The second-order valence-corrected chi connectivity index (χ2v) is 4.61. The normalized spacial score (nSPS) is 10.2. The Morgan fingerprint density at radius 2 is 1.79 bits per heavy atom. The van der Waals surface area contributed by atoms with Crippen molar-refractivity contribution in [2.24, 2.45) is 5.73 Å². The molecule has 0 atom stereocenters. The van der Waals surface area contributed by atoms with Gasteiger partial charge in [-0.2, -0.15) is 0 Å². The van der Waals surface area contributed by atoms with Crippen LogP contribution in [0.2, 0.25) is 0 Å². The lowest BCUT2D eigenvalue weighted by Crippen LogP contribution is -2.13. The molecule has 4 heteroatoms. The van der Waals surface area contributed by atoms with Crippen LogP contribution in [0.25, 0.3) is 0 Å². The number of primary amides is 1. The number of nitrogens with two attached hydrogens (primary N) is 2. The Hall–Kier alpha value is -2.49. The second kappa shape index (κ2) is 5.02. The van der Waals surface area contributed by atoms with E-state index in [-0.39, 0.29) is 0 Å². The summed E-state index contributed by atoms with van der Waals surface area (Å²) in [4.78, 5) is 11.4. The molecular weight excluding hydrogens is 238 g/mol. The van der Waals surface area contributed by atoms with Gasteiger partial charge < -0.3 is 16.8 Å². The average Bonchev–Trinajstić information content (AvgIpc) is 2.32. The van der Waals surface area contributed by atoms with E-state index in [4.69, 9.17) is 11.5 Å². The van der Waals surface area contributed by atoms with Crippen molar-refractivity contribution in [2.45, 2.75) is 13.8 Å². The minimum Gasteiger partial charge on any atom is -0.399 e. The zero-order chi connectivity index (χ0) is 14.0. The molecule has 0 heterocycles. The van der Waals surface area contributed by atoms with Crippen LogP contribution in [-0.4, -0.2) is 5.91 Å². The van der Waals surface area contributed by atoms with Crippen molar-refractivity contribution in [1.29, 1.82) is 0 Å². The first kappa shape index (κ1) is 13.0. The number of hydrogen-bond acceptors (Lipinski definition) is 3. The van der Waals surface area contributed by atoms with E-state index in [1.54, 1.807) is 18.2 Å². The third kappa shape index (κ3) is 2.85. The van der Waals surface area contributed by atoms with E-state index in [1.807, 2.05) is 26.0 Å². The molecule has 4 nitrogen and oxygen atoms in total. The van der Waals surface area contributed by atoms with Crippen molar-refractivity contribution in [3.05, 3.63) is 53.1 Å². The average molecular weight is 255 g/mol. The molecule has 0 spiro atoms. The van der Waals surface area contributed by atoms with Gasteiger partial charge in [0, 0.05) is 11.4 Å². The maximum absolute atomic E-state index is 11.4. The van der Waals surface area contributed by atoms with Gasteiger partial charge >= 0.3 is 0 Å². The molecule has 2 rings (SSSR count). The number of nitrogens with one attached hydrogen (secondary N) is 1. The zero-order valence-electron chi connectivity index (χ0n) is 11.0. The van der Waals surface area contributed by atoms with Gasteiger partial charge in [-0.3, -0.25) is 4.79 Å². The van der Waals surface area contributed by atoms with Gasteiger partial charge in [-0.15, -0.1) is 0 Å². The Morgan fingerprint density at radius 1 is 1.05 bits per heavy atom. The summed E-state index contributed by atoms with van der Waals surface area (Å²) in [5.74, 6) is -0.479. The largest absolute Gasteiger partial charge is 0.399 e. The van der Waals surface area contributed by atoms with Crippen molar-refractivity contribution in [3.8, 4) is 0 Å². The molecule has 98 valence electrons. The molecule has 0 aromatic heterocycles. The van der Waals surface area contributed by atoms with Crippen molar-refractivity contribution >= 4 is 23.0 Å². The van der Waals surface area contributed by atoms with Crippen LogP contribution in [0.5, 0.6) is 0 Å². The Balaban J connectivity index is 2.42. The monoisotopic (exact) mass is 255 g/mol. The van der Waals surface area contributed by atoms with Crippen molar-refractivity contribution in [2.75, 3.05) is 11.1 Å². The molecular formula is C15H17N3O. The predicted molar refractivity (Wildman–Crippen MR) is 78.6 cm³/mol. The highest BCUT2D eigenvalue weighted by Crippen LogP contribution is 2.26. The molecule has 0 saturated carbocycles. The van der Waals surface area contributed by atoms with Gasteiger partial charge in [0.25, 0.3) is 5.91 Å². The van der Waals surface area contributed by atoms with Crippen LogP contribution in [0, 0.1) is 13.8 Å². The van der Waals surface area contributed by atoms with E-state index >= 15 is 0 Å². The number of benzene rings is 2. The molecule has 5 N–H and O–H groups in total. The number of carbonyl (C=O) groups is 1. The summed E-state index contributed by atoms with van der Waals surface area (Å²) < 4.78 is 0. The lowest BCUT2D eigenvalue weighted by atomic mass is 10.1. The fourth-order valence-electron chi connectivity index (χ4n) is 1.98. The molecule has 0 fully saturated rings. The van der Waals surface area contributed by atoms with Gasteiger partial charge in [0.15, 0.2) is 0 Å². The quantitative estimate of drug-likeness (QED) is 0.737. The molecule has 0 unspecified atom stereocenters. The van der Waals surface area contributed by atoms with Crippen LogP contribution in [-0.2, 0) is 0 Å². The molecule has 0 aliphatic carbocycles. The molecule has 0 aliphatic rings. The number of anilines is 3. The maximum Gasteiger partial charge on any atom is 0.250 e. The number of rotatable bonds is 3. The van der Waals surface area contributed by atoms with Gasteiger partial charge in [0.05, 0.1) is 11.3 Å². The van der Waals surface area contributed by atoms with E-state index in [1.165, 1.54) is 5.56 Å². The molecule has 2 aromatic carbocycles. The molecule has 1 amide bonds. The minimum absolute atomic E-state index is 0.425. The first-order valence-corrected chi connectivity index (χ1v) is 6.01. The Labute approximate surface area is 112 Å². The third-order valence-electron chi connectivity index (χ3n) is 2.96. The zero-order valence-corrected chi connectivity index (χ0v) is 11.0. The summed E-state index contributed by atoms with van der Waals surface area (Å²) in [6.45, 7) is 4.04. The van der Waals surface area contributed by atoms with Crippen LogP contribution in [0.3, 0.4) is 0 Å². The summed E-state index contributed by atoms with van der Waals surface area (Å²) in [5, 5.41) is 3.21. The fourth-order valence-corrected chi connectivity index (χ4v) is 1.98. The van der Waals surface area contributed by atoms with Crippen molar-refractivity contribution in [1.82, 2.24) is 0 Å². The fraction of sp³-hybridized carbons (Fsp3) is 0.133. The van der Waals surface area contributed by atoms with Crippen molar-refractivity contribution < 1.29 is 4.79 Å². The van der Waals surface area contributed by atoms with Gasteiger partial charge in [0.2, 0.25) is 0 Å². The second-order valence-electron chi connectivity index (χ2n) is 4.61. The molecule has 0 aliphatic heterocycles. The molecule has 0 bridgehead atoms. The number of aryl methyl sites for hydroxylation is 2. The van der Waals surface area contributed by atoms with E-state index in [2.05, 4.69) is 11.4 Å². The van der Waals surface area contributed by atoms with E-state index in [0.717, 1.165) is 11.3 Å². The Bertz CT molecular complexity index is 635. The minimum atomic E-state index is -0.479. The molecule has 19 heavy (non-hydrogen) atoms. The first-order chi connectivity index (χ1) is 8.97. The Kier molecular flexibility index (Phi) is 3.42. The highest BCUT2D eigenvalue weighted by molar-refractivity contribution is 6.00. The van der Waals surface area contributed by atoms with E-state index < -0.39 is 5.91 Å². The summed E-state index contributed by atoms with van der Waals surface area (Å²) in [7, 11) is 0. The summed E-state index contributed by atoms with van der Waals surface area (Å²) >= 11 is 0. The van der Waals surface area contributed by atoms with Gasteiger partial charge in [-0.05, 0) is 43.7 Å². The van der Waals surface area contributed by atoms with Crippen molar-refractivity contribution in [3.63, 3.8) is 0 Å². The van der Waals surface area contributed by atoms with E-state index in [0.29, 0.717) is 16.9 Å². The van der Waals surface area contributed by atoms with Gasteiger partial charge in [-0.25, -0.2) is 0 Å². The topological polar surface area (TPSA) is 81.1 Å². The Morgan fingerprint density at radius 3 is 2.42 bits per heavy atom. The SMILES string of the molecule is Cc1ccc(Nc2cc(N)ccc2C(N)=O)c(C)c1. The number of carbonyl (C=O) groups excluding carboxylic acids is 1. The number of nitrogen functional groups attached to an aromatic ring is 1. The smallest absolute Gasteiger partial charge is 0.250 e. The third-order valence-corrected chi connectivity index (χ3v) is 2.96.